The average Bonchev–Trinajstić information content (AvgIpc) is 0. The van der Waals surface area contributed by atoms with Gasteiger partial charge in [-0.3, -0.25) is 0 Å². The Morgan fingerprint density at radius 1 is 1.00 bits per heavy atom. The van der Waals surface area contributed by atoms with Gasteiger partial charge in [-0.2, -0.15) is 0 Å². The van der Waals surface area contributed by atoms with E-state index in [1.807, 2.05) is 0 Å². The first kappa shape index (κ1) is 39.9. The van der Waals surface area contributed by atoms with Crippen molar-refractivity contribution in [2.24, 2.45) is 0 Å². The Balaban J connectivity index is 0. The maximum Gasteiger partial charge on any atom is 0.187 e. The van der Waals surface area contributed by atoms with Gasteiger partial charge in [0.05, 0.1) is 0 Å². The number of rotatable bonds is 0. The fourth-order valence-electron chi connectivity index (χ4n) is 0. The zero-order valence-electron chi connectivity index (χ0n) is 0.855. The monoisotopic (exact) mass is 165 g/mol. The van der Waals surface area contributed by atoms with E-state index < -0.39 is 0 Å². The Bertz CT molecular complexity index is 8.00. The van der Waals surface area contributed by atoms with E-state index in [1.54, 1.807) is 0 Å². The fourth-order valence-corrected chi connectivity index (χ4v) is 0. The molecule has 0 saturated heterocycles. The molecule has 0 atom stereocenters. The van der Waals surface area contributed by atoms with Gasteiger partial charge in [0, 0.05) is 35.9 Å². The van der Waals surface area contributed by atoms with Crippen molar-refractivity contribution in [3.05, 3.63) is 0 Å². The van der Waals surface area contributed by atoms with Crippen LogP contribution in [0.15, 0.2) is 0 Å². The van der Waals surface area contributed by atoms with Gasteiger partial charge in [-0.25, -0.2) is 0 Å². The third-order valence-electron chi connectivity index (χ3n) is 0. The molecule has 0 fully saturated rings. The first-order valence-corrected chi connectivity index (χ1v) is 0. The molecule has 0 saturated carbocycles. The van der Waals surface area contributed by atoms with Gasteiger partial charge in [0.1, 0.15) is 0 Å². The molecular formula is H7AlCrSiV. The minimum Gasteiger partial charge on any atom is -0.0149 e. The molecule has 0 aromatic rings. The van der Waals surface area contributed by atoms with Crippen molar-refractivity contribution in [1.29, 1.82) is 0 Å². The number of hydrogen-bond donors (Lipinski definition) is 0. The first-order valence-electron chi connectivity index (χ1n) is 0. The van der Waals surface area contributed by atoms with Gasteiger partial charge < -0.3 is 0 Å². The van der Waals surface area contributed by atoms with Crippen LogP contribution in [0.4, 0.5) is 0 Å². The summed E-state index contributed by atoms with van der Waals surface area (Å²) in [7, 11) is 0. The summed E-state index contributed by atoms with van der Waals surface area (Å²) in [6.45, 7) is 0. The summed E-state index contributed by atoms with van der Waals surface area (Å²) in [5.41, 5.74) is 0. The molecule has 0 aromatic heterocycles. The van der Waals surface area contributed by atoms with E-state index in [1.165, 1.54) is 0 Å². The molecule has 0 heterocycles. The van der Waals surface area contributed by atoms with Crippen LogP contribution in [0.1, 0.15) is 0 Å². The SMILES string of the molecule is [AlH3].[Cr].[SiH4].[V]. The van der Waals surface area contributed by atoms with Crippen molar-refractivity contribution in [2.75, 3.05) is 0 Å². The van der Waals surface area contributed by atoms with E-state index in [0.29, 0.717) is 0 Å². The Hall–Kier alpha value is 1.87. The van der Waals surface area contributed by atoms with Crippen LogP contribution in [0.25, 0.3) is 0 Å². The molecule has 0 amide bonds. The molecule has 0 bridgehead atoms. The maximum atomic E-state index is 0. The second kappa shape index (κ2) is 20.9. The summed E-state index contributed by atoms with van der Waals surface area (Å²) in [5, 5.41) is 0. The van der Waals surface area contributed by atoms with Crippen molar-refractivity contribution >= 4 is 28.3 Å². The maximum absolute atomic E-state index is 0. The molecule has 25 valence electrons. The van der Waals surface area contributed by atoms with Gasteiger partial charge in [0.15, 0.2) is 17.4 Å². The van der Waals surface area contributed by atoms with Crippen LogP contribution in [-0.4, -0.2) is 28.3 Å². The van der Waals surface area contributed by atoms with Crippen molar-refractivity contribution in [3.63, 3.8) is 0 Å². The molecule has 0 aliphatic rings. The Labute approximate surface area is 63.9 Å². The molecule has 0 aliphatic carbocycles. The summed E-state index contributed by atoms with van der Waals surface area (Å²) >= 11 is 0. The zero-order chi connectivity index (χ0) is 0. The second-order valence-corrected chi connectivity index (χ2v) is 0. The molecule has 0 aromatic carbocycles. The van der Waals surface area contributed by atoms with Crippen LogP contribution in [0.3, 0.4) is 0 Å². The molecule has 0 aliphatic heterocycles. The fraction of sp³-hybridized carbons (Fsp3) is 0. The van der Waals surface area contributed by atoms with E-state index in [0.717, 1.165) is 0 Å². The van der Waals surface area contributed by atoms with Crippen molar-refractivity contribution < 1.29 is 35.9 Å². The molecule has 4 heteroatoms. The van der Waals surface area contributed by atoms with Gasteiger partial charge >= 0.3 is 0 Å². The standard InChI is InChI=1S/Al.Cr.H4Si.V.3H/h;;1H4;;;;. The second-order valence-electron chi connectivity index (χ2n) is 0. The van der Waals surface area contributed by atoms with Gasteiger partial charge in [-0.1, -0.05) is 0 Å². The Morgan fingerprint density at radius 2 is 1.00 bits per heavy atom. The van der Waals surface area contributed by atoms with E-state index in [2.05, 4.69) is 0 Å². The van der Waals surface area contributed by atoms with Gasteiger partial charge in [-0.15, -0.1) is 0 Å². The van der Waals surface area contributed by atoms with E-state index in [9.17, 15) is 0 Å². The van der Waals surface area contributed by atoms with Gasteiger partial charge in [0.25, 0.3) is 0 Å². The van der Waals surface area contributed by atoms with Gasteiger partial charge in [0.2, 0.25) is 0 Å². The minimum atomic E-state index is 0. The molecule has 4 heavy (non-hydrogen) atoms. The molecule has 1 radical (unpaired) electrons. The van der Waals surface area contributed by atoms with E-state index in [4.69, 9.17) is 0 Å². The van der Waals surface area contributed by atoms with Crippen LogP contribution >= 0.6 is 0 Å². The minimum absolute atomic E-state index is 0. The van der Waals surface area contributed by atoms with Crippen LogP contribution < -0.4 is 0 Å². The molecule has 0 unspecified atom stereocenters. The third-order valence-corrected chi connectivity index (χ3v) is 0. The first-order chi connectivity index (χ1) is 0. The third kappa shape index (κ3) is 9.12. The summed E-state index contributed by atoms with van der Waals surface area (Å²) in [5.74, 6) is 0. The Kier molecular flexibility index (Phi) is 208. The van der Waals surface area contributed by atoms with Crippen molar-refractivity contribution in [3.8, 4) is 0 Å². The van der Waals surface area contributed by atoms with E-state index in [-0.39, 0.29) is 64.2 Å². The zero-order valence-corrected chi connectivity index (χ0v) is 3.53. The van der Waals surface area contributed by atoms with Crippen LogP contribution in [0, 0.1) is 0 Å². The molecule has 0 spiro atoms. The largest absolute Gasteiger partial charge is 0.187 e. The molecular weight excluding hydrogens is 158 g/mol. The average molecular weight is 165 g/mol. The Morgan fingerprint density at radius 3 is 1.00 bits per heavy atom. The van der Waals surface area contributed by atoms with Crippen LogP contribution in [0.5, 0.6) is 0 Å². The number of hydrogen-bond acceptors (Lipinski definition) is 0. The summed E-state index contributed by atoms with van der Waals surface area (Å²) in [4.78, 5) is 0. The quantitative estimate of drug-likeness (QED) is 0.344. The van der Waals surface area contributed by atoms with Crippen LogP contribution in [0.2, 0.25) is 0 Å². The molecule has 0 rings (SSSR count). The smallest absolute Gasteiger partial charge is 0.0149 e. The van der Waals surface area contributed by atoms with Gasteiger partial charge in [-0.05, 0) is 11.0 Å². The van der Waals surface area contributed by atoms with Crippen molar-refractivity contribution in [1.82, 2.24) is 0 Å². The molecule has 0 nitrogen and oxygen atoms in total. The summed E-state index contributed by atoms with van der Waals surface area (Å²) < 4.78 is 0. The molecule has 0 N–H and O–H groups in total. The van der Waals surface area contributed by atoms with Crippen molar-refractivity contribution in [2.45, 2.75) is 0 Å². The predicted octanol–water partition coefficient (Wildman–Crippen LogP) is -2.64. The summed E-state index contributed by atoms with van der Waals surface area (Å²) in [6, 6.07) is 0. The summed E-state index contributed by atoms with van der Waals surface area (Å²) in [6.07, 6.45) is 0. The van der Waals surface area contributed by atoms with Crippen LogP contribution in [-0.2, 0) is 35.9 Å². The topological polar surface area (TPSA) is 0 Å². The van der Waals surface area contributed by atoms with E-state index >= 15 is 0 Å². The predicted molar refractivity (Wildman–Crippen MR) is 21.3 cm³/mol. The normalized spacial score (nSPS) is 0.